The predicted molar refractivity (Wildman–Crippen MR) is 102 cm³/mol. The van der Waals surface area contributed by atoms with Crippen LogP contribution in [0.25, 0.3) is 11.4 Å². The lowest BCUT2D eigenvalue weighted by molar-refractivity contribution is -0.137. The maximum Gasteiger partial charge on any atom is 0.416 e. The number of tetrazole rings is 1. The number of amides is 1. The molecule has 0 bridgehead atoms. The van der Waals surface area contributed by atoms with Gasteiger partial charge in [0, 0.05) is 11.3 Å². The van der Waals surface area contributed by atoms with Gasteiger partial charge >= 0.3 is 6.18 Å². The number of carbonyl (C=O) groups excluding carboxylic acids is 1. The minimum Gasteiger partial charge on any atom is -0.324 e. The van der Waals surface area contributed by atoms with Crippen molar-refractivity contribution in [3.05, 3.63) is 59.7 Å². The fraction of sp³-hybridized carbons (Fsp3) is 0.300. The molecular formula is C20H20F3N5O. The van der Waals surface area contributed by atoms with Crippen LogP contribution in [-0.4, -0.2) is 26.1 Å². The highest BCUT2D eigenvalue weighted by Gasteiger charge is 2.30. The molecule has 1 heterocycles. The van der Waals surface area contributed by atoms with Crippen LogP contribution in [0.1, 0.15) is 30.9 Å². The molecule has 1 N–H and O–H groups in total. The number of benzene rings is 2. The Balaban J connectivity index is 1.62. The Hall–Kier alpha value is -3.23. The van der Waals surface area contributed by atoms with Crippen LogP contribution in [0, 0.1) is 0 Å². The summed E-state index contributed by atoms with van der Waals surface area (Å²) in [5.41, 5.74) is 1.22. The summed E-state index contributed by atoms with van der Waals surface area (Å²) in [5.74, 6) is -0.344. The van der Waals surface area contributed by atoms with E-state index >= 15 is 0 Å². The van der Waals surface area contributed by atoms with E-state index in [1.165, 1.54) is 17.7 Å². The van der Waals surface area contributed by atoms with Crippen LogP contribution in [0.15, 0.2) is 48.5 Å². The minimum absolute atomic E-state index is 0.0178. The van der Waals surface area contributed by atoms with Crippen LogP contribution in [-0.2, 0) is 23.9 Å². The lowest BCUT2D eigenvalue weighted by atomic mass is 10.1. The van der Waals surface area contributed by atoms with Gasteiger partial charge in [-0.2, -0.15) is 18.0 Å². The van der Waals surface area contributed by atoms with Gasteiger partial charge < -0.3 is 5.32 Å². The standard InChI is InChI=1S/C20H20F3N5O/c1-2-3-5-14-8-10-17(11-9-14)24-18(29)13-28-26-19(25-27-28)15-6-4-7-16(12-15)20(21,22)23/h4,6-12H,2-3,5,13H2,1H3,(H,24,29). The molecule has 0 radical (unpaired) electrons. The van der Waals surface area contributed by atoms with Gasteiger partial charge in [-0.3, -0.25) is 4.79 Å². The molecule has 1 amide bonds. The third-order valence-electron chi connectivity index (χ3n) is 4.24. The van der Waals surface area contributed by atoms with E-state index < -0.39 is 11.7 Å². The molecule has 6 nitrogen and oxygen atoms in total. The first-order valence-corrected chi connectivity index (χ1v) is 9.19. The number of aromatic nitrogens is 4. The van der Waals surface area contributed by atoms with Gasteiger partial charge in [-0.15, -0.1) is 10.2 Å². The lowest BCUT2D eigenvalue weighted by Gasteiger charge is -2.07. The van der Waals surface area contributed by atoms with Gasteiger partial charge in [0.05, 0.1) is 5.56 Å². The van der Waals surface area contributed by atoms with E-state index in [9.17, 15) is 18.0 Å². The number of anilines is 1. The molecule has 0 fully saturated rings. The molecule has 0 aliphatic rings. The molecule has 0 unspecified atom stereocenters. The predicted octanol–water partition coefficient (Wildman–Crippen LogP) is 4.34. The molecule has 0 aliphatic carbocycles. The van der Waals surface area contributed by atoms with Crippen molar-refractivity contribution in [1.29, 1.82) is 0 Å². The highest BCUT2D eigenvalue weighted by atomic mass is 19.4. The summed E-state index contributed by atoms with van der Waals surface area (Å²) in [7, 11) is 0. The average molecular weight is 403 g/mol. The number of hydrogen-bond donors (Lipinski definition) is 1. The van der Waals surface area contributed by atoms with E-state index in [0.717, 1.165) is 36.2 Å². The Bertz CT molecular complexity index is 967. The first-order chi connectivity index (χ1) is 13.8. The second kappa shape index (κ2) is 8.85. The Morgan fingerprint density at radius 3 is 2.59 bits per heavy atom. The van der Waals surface area contributed by atoms with Gasteiger partial charge in [0.1, 0.15) is 6.54 Å². The number of unbranched alkanes of at least 4 members (excludes halogenated alkanes) is 1. The van der Waals surface area contributed by atoms with Crippen LogP contribution in [0.3, 0.4) is 0 Å². The van der Waals surface area contributed by atoms with Gasteiger partial charge in [0.2, 0.25) is 11.7 Å². The number of nitrogens with one attached hydrogen (secondary N) is 1. The third-order valence-corrected chi connectivity index (χ3v) is 4.24. The minimum atomic E-state index is -4.46. The Morgan fingerprint density at radius 1 is 1.14 bits per heavy atom. The zero-order chi connectivity index (χ0) is 20.9. The van der Waals surface area contributed by atoms with Gasteiger partial charge in [-0.25, -0.2) is 0 Å². The van der Waals surface area contributed by atoms with Crippen LogP contribution in [0.4, 0.5) is 18.9 Å². The van der Waals surface area contributed by atoms with Gasteiger partial charge in [0.25, 0.3) is 0 Å². The Morgan fingerprint density at radius 2 is 1.90 bits per heavy atom. The van der Waals surface area contributed by atoms with E-state index in [2.05, 4.69) is 27.7 Å². The SMILES string of the molecule is CCCCc1ccc(NC(=O)Cn2nnc(-c3cccc(C(F)(F)F)c3)n2)cc1. The first-order valence-electron chi connectivity index (χ1n) is 9.19. The zero-order valence-electron chi connectivity index (χ0n) is 15.8. The number of halogens is 3. The molecule has 29 heavy (non-hydrogen) atoms. The monoisotopic (exact) mass is 403 g/mol. The highest BCUT2D eigenvalue weighted by molar-refractivity contribution is 5.90. The van der Waals surface area contributed by atoms with E-state index in [4.69, 9.17) is 0 Å². The van der Waals surface area contributed by atoms with Gasteiger partial charge in [0.15, 0.2) is 0 Å². The van der Waals surface area contributed by atoms with Crippen LogP contribution in [0.5, 0.6) is 0 Å². The van der Waals surface area contributed by atoms with E-state index in [1.807, 2.05) is 24.3 Å². The molecular weight excluding hydrogens is 383 g/mol. The third kappa shape index (κ3) is 5.63. The smallest absolute Gasteiger partial charge is 0.324 e. The fourth-order valence-electron chi connectivity index (χ4n) is 2.72. The van der Waals surface area contributed by atoms with Crippen LogP contribution >= 0.6 is 0 Å². The molecule has 0 aliphatic heterocycles. The summed E-state index contributed by atoms with van der Waals surface area (Å²) >= 11 is 0. The molecule has 1 aromatic heterocycles. The molecule has 152 valence electrons. The number of alkyl halides is 3. The lowest BCUT2D eigenvalue weighted by Crippen LogP contribution is -2.20. The molecule has 2 aromatic carbocycles. The number of nitrogens with zero attached hydrogens (tertiary/aromatic N) is 4. The normalized spacial score (nSPS) is 11.4. The molecule has 3 rings (SSSR count). The molecule has 0 saturated heterocycles. The largest absolute Gasteiger partial charge is 0.416 e. The van der Waals surface area contributed by atoms with Crippen molar-refractivity contribution in [2.75, 3.05) is 5.32 Å². The summed E-state index contributed by atoms with van der Waals surface area (Å²) in [4.78, 5) is 13.2. The number of hydrogen-bond acceptors (Lipinski definition) is 4. The Labute approximate surface area is 165 Å². The molecule has 0 atom stereocenters. The molecule has 3 aromatic rings. The van der Waals surface area contributed by atoms with Crippen LogP contribution in [0.2, 0.25) is 0 Å². The fourth-order valence-corrected chi connectivity index (χ4v) is 2.72. The van der Waals surface area contributed by atoms with Crippen molar-refractivity contribution in [2.24, 2.45) is 0 Å². The van der Waals surface area contributed by atoms with Gasteiger partial charge in [-0.05, 0) is 47.9 Å². The molecule has 0 spiro atoms. The van der Waals surface area contributed by atoms with Crippen molar-refractivity contribution in [3.63, 3.8) is 0 Å². The van der Waals surface area contributed by atoms with E-state index in [0.29, 0.717) is 5.69 Å². The highest BCUT2D eigenvalue weighted by Crippen LogP contribution is 2.31. The summed E-state index contributed by atoms with van der Waals surface area (Å²) in [6, 6.07) is 12.2. The van der Waals surface area contributed by atoms with Crippen LogP contribution < -0.4 is 5.32 Å². The van der Waals surface area contributed by atoms with Crippen molar-refractivity contribution >= 4 is 11.6 Å². The maximum absolute atomic E-state index is 12.8. The van der Waals surface area contributed by atoms with Gasteiger partial charge in [-0.1, -0.05) is 37.6 Å². The molecule has 0 saturated carbocycles. The average Bonchev–Trinajstić information content (AvgIpc) is 3.15. The second-order valence-electron chi connectivity index (χ2n) is 6.57. The maximum atomic E-state index is 12.8. The quantitative estimate of drug-likeness (QED) is 0.637. The summed E-state index contributed by atoms with van der Waals surface area (Å²) in [5, 5.41) is 14.2. The topological polar surface area (TPSA) is 72.7 Å². The van der Waals surface area contributed by atoms with E-state index in [1.54, 1.807) is 0 Å². The second-order valence-corrected chi connectivity index (χ2v) is 6.57. The van der Waals surface area contributed by atoms with Crippen molar-refractivity contribution in [1.82, 2.24) is 20.2 Å². The van der Waals surface area contributed by atoms with Crippen molar-refractivity contribution in [2.45, 2.75) is 38.9 Å². The zero-order valence-corrected chi connectivity index (χ0v) is 15.8. The Kier molecular flexibility index (Phi) is 6.26. The number of rotatable bonds is 7. The molecule has 9 heteroatoms. The first kappa shape index (κ1) is 20.5. The number of carbonyl (C=O) groups is 1. The van der Waals surface area contributed by atoms with Crippen molar-refractivity contribution < 1.29 is 18.0 Å². The van der Waals surface area contributed by atoms with Crippen molar-refractivity contribution in [3.8, 4) is 11.4 Å². The van der Waals surface area contributed by atoms with E-state index in [-0.39, 0.29) is 23.8 Å². The summed E-state index contributed by atoms with van der Waals surface area (Å²) in [6.07, 6.45) is -1.24. The number of aryl methyl sites for hydroxylation is 1. The summed E-state index contributed by atoms with van der Waals surface area (Å²) in [6.45, 7) is 1.93. The summed E-state index contributed by atoms with van der Waals surface area (Å²) < 4.78 is 38.5.